The summed E-state index contributed by atoms with van der Waals surface area (Å²) in [5, 5.41) is 6.16. The van der Waals surface area contributed by atoms with E-state index in [9.17, 15) is 9.59 Å². The number of hydrogen-bond donors (Lipinski definition) is 2. The number of hydrogen-bond acceptors (Lipinski definition) is 3. The standard InChI is InChI=1S/C27H27N3O2S/c1-18-10-12-19(13-11-18)14-15-28-25(31)20-6-5-7-21(16-20)30-26(32)29-23-17-27(30,2)33-24-9-4-3-8-22(23)24/h3-13,16,23H,14-15,17H2,1-2H3,(H,28,31)(H,29,32)/t23?,27-/m1/s1. The van der Waals surface area contributed by atoms with E-state index in [0.29, 0.717) is 12.1 Å². The molecule has 1 fully saturated rings. The number of rotatable bonds is 5. The largest absolute Gasteiger partial charge is 0.352 e. The summed E-state index contributed by atoms with van der Waals surface area (Å²) in [4.78, 5) is 28.5. The second-order valence-corrected chi connectivity index (χ2v) is 10.4. The molecule has 5 rings (SSSR count). The van der Waals surface area contributed by atoms with Gasteiger partial charge in [0.05, 0.1) is 10.9 Å². The SMILES string of the molecule is Cc1ccc(CCNC(=O)c2cccc(N3C(=O)NC4C[C@@]3(C)Sc3ccccc34)c2)cc1. The molecule has 5 nitrogen and oxygen atoms in total. The van der Waals surface area contributed by atoms with Crippen LogP contribution in [0.15, 0.2) is 77.7 Å². The van der Waals surface area contributed by atoms with Crippen molar-refractivity contribution in [2.75, 3.05) is 11.4 Å². The zero-order chi connectivity index (χ0) is 23.0. The number of anilines is 1. The van der Waals surface area contributed by atoms with E-state index in [1.807, 2.05) is 30.3 Å². The maximum absolute atomic E-state index is 13.2. The van der Waals surface area contributed by atoms with Crippen molar-refractivity contribution in [1.82, 2.24) is 10.6 Å². The lowest BCUT2D eigenvalue weighted by molar-refractivity contribution is 0.0954. The van der Waals surface area contributed by atoms with Crippen LogP contribution in [0.4, 0.5) is 10.5 Å². The van der Waals surface area contributed by atoms with Gasteiger partial charge in [0.25, 0.3) is 5.91 Å². The Bertz CT molecular complexity index is 1210. The van der Waals surface area contributed by atoms with Crippen molar-refractivity contribution in [3.05, 3.63) is 95.1 Å². The quantitative estimate of drug-likeness (QED) is 0.536. The number of carbonyl (C=O) groups excluding carboxylic acids is 2. The van der Waals surface area contributed by atoms with Gasteiger partial charge < -0.3 is 10.6 Å². The van der Waals surface area contributed by atoms with Gasteiger partial charge in [0.15, 0.2) is 0 Å². The molecule has 33 heavy (non-hydrogen) atoms. The van der Waals surface area contributed by atoms with Crippen molar-refractivity contribution in [1.29, 1.82) is 0 Å². The fourth-order valence-electron chi connectivity index (χ4n) is 4.68. The fourth-order valence-corrected chi connectivity index (χ4v) is 6.15. The number of urea groups is 1. The zero-order valence-corrected chi connectivity index (χ0v) is 19.6. The molecule has 6 heteroatoms. The van der Waals surface area contributed by atoms with Gasteiger partial charge in [-0.2, -0.15) is 0 Å². The van der Waals surface area contributed by atoms with Gasteiger partial charge in [-0.25, -0.2) is 4.79 Å². The highest BCUT2D eigenvalue weighted by molar-refractivity contribution is 8.01. The van der Waals surface area contributed by atoms with E-state index in [-0.39, 0.29) is 18.0 Å². The van der Waals surface area contributed by atoms with E-state index in [0.717, 1.165) is 18.5 Å². The second kappa shape index (κ2) is 8.60. The molecule has 2 aliphatic heterocycles. The molecule has 168 valence electrons. The summed E-state index contributed by atoms with van der Waals surface area (Å²) in [6.07, 6.45) is 1.57. The second-order valence-electron chi connectivity index (χ2n) is 8.90. The Labute approximate surface area is 198 Å². The molecule has 0 radical (unpaired) electrons. The Balaban J connectivity index is 1.33. The molecule has 0 spiro atoms. The van der Waals surface area contributed by atoms with E-state index in [1.165, 1.54) is 21.6 Å². The third-order valence-corrected chi connectivity index (χ3v) is 7.75. The molecule has 2 atom stereocenters. The van der Waals surface area contributed by atoms with Crippen LogP contribution in [0.5, 0.6) is 0 Å². The van der Waals surface area contributed by atoms with Gasteiger partial charge in [0.2, 0.25) is 0 Å². The highest BCUT2D eigenvalue weighted by Crippen LogP contribution is 2.52. The molecule has 1 saturated heterocycles. The minimum absolute atomic E-state index is 0.00413. The lowest BCUT2D eigenvalue weighted by atomic mass is 9.95. The van der Waals surface area contributed by atoms with E-state index < -0.39 is 4.87 Å². The van der Waals surface area contributed by atoms with Crippen LogP contribution < -0.4 is 15.5 Å². The Hall–Kier alpha value is -3.25. The molecule has 2 bridgehead atoms. The number of nitrogens with one attached hydrogen (secondary N) is 2. The first kappa shape index (κ1) is 21.6. The lowest BCUT2D eigenvalue weighted by Crippen LogP contribution is -2.60. The molecule has 2 aliphatic rings. The van der Waals surface area contributed by atoms with Crippen LogP contribution in [0.25, 0.3) is 0 Å². The van der Waals surface area contributed by atoms with Crippen molar-refractivity contribution in [3.63, 3.8) is 0 Å². The summed E-state index contributed by atoms with van der Waals surface area (Å²) in [6, 6.07) is 23.8. The minimum atomic E-state index is -0.429. The predicted molar refractivity (Wildman–Crippen MR) is 133 cm³/mol. The van der Waals surface area contributed by atoms with Crippen LogP contribution >= 0.6 is 11.8 Å². The van der Waals surface area contributed by atoms with Crippen LogP contribution in [0.1, 0.15) is 46.4 Å². The first-order chi connectivity index (χ1) is 15.9. The van der Waals surface area contributed by atoms with Gasteiger partial charge >= 0.3 is 6.03 Å². The van der Waals surface area contributed by atoms with Crippen LogP contribution in [0, 0.1) is 6.92 Å². The van der Waals surface area contributed by atoms with Crippen molar-refractivity contribution >= 4 is 29.4 Å². The summed E-state index contributed by atoms with van der Waals surface area (Å²) in [6.45, 7) is 4.72. The molecular weight excluding hydrogens is 430 g/mol. The van der Waals surface area contributed by atoms with Crippen molar-refractivity contribution < 1.29 is 9.59 Å². The first-order valence-corrected chi connectivity index (χ1v) is 12.1. The van der Waals surface area contributed by atoms with E-state index in [4.69, 9.17) is 0 Å². The maximum Gasteiger partial charge on any atom is 0.323 e. The van der Waals surface area contributed by atoms with Gasteiger partial charge in [0.1, 0.15) is 0 Å². The number of aryl methyl sites for hydroxylation is 1. The minimum Gasteiger partial charge on any atom is -0.352 e. The summed E-state index contributed by atoms with van der Waals surface area (Å²) in [5.74, 6) is -0.133. The van der Waals surface area contributed by atoms with Gasteiger partial charge in [0, 0.05) is 29.1 Å². The summed E-state index contributed by atoms with van der Waals surface area (Å²) in [7, 11) is 0. The molecular formula is C27H27N3O2S. The van der Waals surface area contributed by atoms with Gasteiger partial charge in [-0.05, 0) is 55.7 Å². The summed E-state index contributed by atoms with van der Waals surface area (Å²) < 4.78 is 0. The van der Waals surface area contributed by atoms with E-state index in [1.54, 1.807) is 22.7 Å². The highest BCUT2D eigenvalue weighted by atomic mass is 32.2. The molecule has 0 aromatic heterocycles. The lowest BCUT2D eigenvalue weighted by Gasteiger charge is -2.50. The normalized spacial score (nSPS) is 21.2. The third kappa shape index (κ3) is 4.23. The zero-order valence-electron chi connectivity index (χ0n) is 18.8. The van der Waals surface area contributed by atoms with E-state index >= 15 is 0 Å². The monoisotopic (exact) mass is 457 g/mol. The van der Waals surface area contributed by atoms with Gasteiger partial charge in [-0.1, -0.05) is 65.9 Å². The molecule has 2 heterocycles. The van der Waals surface area contributed by atoms with Crippen LogP contribution in [0.2, 0.25) is 0 Å². The average molecular weight is 458 g/mol. The topological polar surface area (TPSA) is 61.4 Å². The fraction of sp³-hybridized carbons (Fsp3) is 0.259. The third-order valence-electron chi connectivity index (χ3n) is 6.37. The predicted octanol–water partition coefficient (Wildman–Crippen LogP) is 5.45. The molecule has 1 unspecified atom stereocenters. The maximum atomic E-state index is 13.2. The van der Waals surface area contributed by atoms with Gasteiger partial charge in [-0.3, -0.25) is 9.69 Å². The number of amides is 3. The van der Waals surface area contributed by atoms with Crippen LogP contribution in [0.3, 0.4) is 0 Å². The number of carbonyl (C=O) groups is 2. The Morgan fingerprint density at radius 3 is 2.73 bits per heavy atom. The molecule has 2 N–H and O–H groups in total. The molecule has 3 aromatic rings. The number of thioether (sulfide) groups is 1. The number of nitrogens with zero attached hydrogens (tertiary/aromatic N) is 1. The smallest absolute Gasteiger partial charge is 0.323 e. The molecule has 3 aromatic carbocycles. The van der Waals surface area contributed by atoms with Crippen LogP contribution in [-0.2, 0) is 6.42 Å². The molecule has 3 amide bonds. The molecule has 0 saturated carbocycles. The average Bonchev–Trinajstić information content (AvgIpc) is 2.80. The van der Waals surface area contributed by atoms with Crippen molar-refractivity contribution in [2.45, 2.75) is 42.5 Å². The summed E-state index contributed by atoms with van der Waals surface area (Å²) >= 11 is 1.71. The van der Waals surface area contributed by atoms with Crippen LogP contribution in [-0.4, -0.2) is 23.4 Å². The first-order valence-electron chi connectivity index (χ1n) is 11.3. The van der Waals surface area contributed by atoms with E-state index in [2.05, 4.69) is 60.9 Å². The Morgan fingerprint density at radius 1 is 1.12 bits per heavy atom. The van der Waals surface area contributed by atoms with Gasteiger partial charge in [-0.15, -0.1) is 0 Å². The highest BCUT2D eigenvalue weighted by Gasteiger charge is 2.48. The Kier molecular flexibility index (Phi) is 5.62. The van der Waals surface area contributed by atoms with Crippen molar-refractivity contribution in [3.8, 4) is 0 Å². The Morgan fingerprint density at radius 2 is 1.91 bits per heavy atom. The number of benzene rings is 3. The molecule has 0 aliphatic carbocycles. The number of fused-ring (bicyclic) bond motifs is 4. The summed E-state index contributed by atoms with van der Waals surface area (Å²) in [5.41, 5.74) is 4.87. The van der Waals surface area contributed by atoms with Crippen molar-refractivity contribution in [2.24, 2.45) is 0 Å².